The molecular formula is C16H18BrN3O. The molecule has 1 unspecified atom stereocenters. The third-order valence-corrected chi connectivity index (χ3v) is 4.27. The minimum Gasteiger partial charge on any atom is -0.345 e. The van der Waals surface area contributed by atoms with Gasteiger partial charge in [-0.3, -0.25) is 4.79 Å². The molecule has 0 saturated heterocycles. The Morgan fingerprint density at radius 3 is 2.71 bits per heavy atom. The summed E-state index contributed by atoms with van der Waals surface area (Å²) in [5.41, 5.74) is 8.08. The number of nitrogens with zero attached hydrogens (tertiary/aromatic N) is 1. The lowest BCUT2D eigenvalue weighted by Gasteiger charge is -2.08. The van der Waals surface area contributed by atoms with E-state index in [4.69, 9.17) is 5.73 Å². The van der Waals surface area contributed by atoms with Crippen LogP contribution in [-0.2, 0) is 11.3 Å². The number of carbonyl (C=O) groups excluding carboxylic acids is 1. The van der Waals surface area contributed by atoms with Crippen LogP contribution in [-0.4, -0.2) is 10.5 Å². The van der Waals surface area contributed by atoms with Gasteiger partial charge in [-0.2, -0.15) is 0 Å². The van der Waals surface area contributed by atoms with Crippen molar-refractivity contribution in [3.63, 3.8) is 0 Å². The van der Waals surface area contributed by atoms with Crippen LogP contribution >= 0.6 is 15.9 Å². The van der Waals surface area contributed by atoms with E-state index in [0.717, 1.165) is 15.7 Å². The van der Waals surface area contributed by atoms with E-state index in [1.807, 2.05) is 47.3 Å². The van der Waals surface area contributed by atoms with Gasteiger partial charge in [0.1, 0.15) is 6.54 Å². The molecule has 4 nitrogen and oxygen atoms in total. The number of hydrogen-bond acceptors (Lipinski definition) is 2. The number of halogens is 1. The Balaban J connectivity index is 1.58. The van der Waals surface area contributed by atoms with Gasteiger partial charge < -0.3 is 15.6 Å². The quantitative estimate of drug-likeness (QED) is 0.871. The van der Waals surface area contributed by atoms with Crippen LogP contribution in [0, 0.1) is 5.92 Å². The first-order chi connectivity index (χ1) is 10.1. The lowest BCUT2D eigenvalue weighted by Crippen LogP contribution is -2.18. The summed E-state index contributed by atoms with van der Waals surface area (Å²) in [5, 5.41) is 2.88. The van der Waals surface area contributed by atoms with Crippen molar-refractivity contribution in [1.82, 2.24) is 4.57 Å². The van der Waals surface area contributed by atoms with Crippen molar-refractivity contribution in [2.75, 3.05) is 5.32 Å². The number of carbonyl (C=O) groups is 1. The summed E-state index contributed by atoms with van der Waals surface area (Å²) in [6, 6.07) is 9.66. The Hall–Kier alpha value is -1.59. The van der Waals surface area contributed by atoms with Crippen molar-refractivity contribution in [1.29, 1.82) is 0 Å². The molecule has 3 rings (SSSR count). The molecule has 1 aliphatic carbocycles. The number of rotatable bonds is 5. The fraction of sp³-hybridized carbons (Fsp3) is 0.312. The van der Waals surface area contributed by atoms with Crippen molar-refractivity contribution in [2.24, 2.45) is 11.7 Å². The molecular weight excluding hydrogens is 330 g/mol. The average Bonchev–Trinajstić information content (AvgIpc) is 3.21. The first-order valence-corrected chi connectivity index (χ1v) is 7.88. The zero-order valence-electron chi connectivity index (χ0n) is 11.6. The highest BCUT2D eigenvalue weighted by atomic mass is 79.9. The van der Waals surface area contributed by atoms with Crippen LogP contribution in [0.1, 0.15) is 24.4 Å². The predicted octanol–water partition coefficient (Wildman–Crippen LogP) is 3.30. The maximum atomic E-state index is 12.0. The van der Waals surface area contributed by atoms with Gasteiger partial charge in [0.2, 0.25) is 5.91 Å². The fourth-order valence-electron chi connectivity index (χ4n) is 2.38. The molecule has 21 heavy (non-hydrogen) atoms. The van der Waals surface area contributed by atoms with E-state index in [1.165, 1.54) is 12.8 Å². The van der Waals surface area contributed by atoms with E-state index in [-0.39, 0.29) is 11.9 Å². The van der Waals surface area contributed by atoms with Gasteiger partial charge in [0.25, 0.3) is 0 Å². The van der Waals surface area contributed by atoms with Crippen LogP contribution in [0.3, 0.4) is 0 Å². The van der Waals surface area contributed by atoms with E-state index in [1.54, 1.807) is 0 Å². The first kappa shape index (κ1) is 14.4. The predicted molar refractivity (Wildman–Crippen MR) is 86.9 cm³/mol. The van der Waals surface area contributed by atoms with Gasteiger partial charge in [0, 0.05) is 28.6 Å². The lowest BCUT2D eigenvalue weighted by atomic mass is 10.1. The van der Waals surface area contributed by atoms with E-state index in [0.29, 0.717) is 12.5 Å². The third-order valence-electron chi connectivity index (χ3n) is 3.74. The van der Waals surface area contributed by atoms with Crippen molar-refractivity contribution in [2.45, 2.75) is 25.4 Å². The van der Waals surface area contributed by atoms with Gasteiger partial charge in [0.15, 0.2) is 0 Å². The normalized spacial score (nSPS) is 15.7. The second-order valence-corrected chi connectivity index (χ2v) is 6.45. The van der Waals surface area contributed by atoms with Gasteiger partial charge in [-0.05, 0) is 54.7 Å². The second kappa shape index (κ2) is 6.03. The van der Waals surface area contributed by atoms with Crippen LogP contribution in [0.5, 0.6) is 0 Å². The summed E-state index contributed by atoms with van der Waals surface area (Å²) in [5.74, 6) is 0.580. The molecule has 0 spiro atoms. The molecule has 1 heterocycles. The standard InChI is InChI=1S/C16H18BrN3O/c17-13-3-5-14(6-4-13)19-15(21)10-20-8-7-12(9-20)16(18)11-1-2-11/h3-9,11,16H,1-2,10,18H2,(H,19,21). The summed E-state index contributed by atoms with van der Waals surface area (Å²) >= 11 is 3.37. The maximum Gasteiger partial charge on any atom is 0.244 e. The number of benzene rings is 1. The van der Waals surface area contributed by atoms with Gasteiger partial charge in [-0.25, -0.2) is 0 Å². The fourth-order valence-corrected chi connectivity index (χ4v) is 2.65. The van der Waals surface area contributed by atoms with Gasteiger partial charge in [-0.1, -0.05) is 15.9 Å². The minimum absolute atomic E-state index is 0.0422. The Morgan fingerprint density at radius 1 is 1.33 bits per heavy atom. The smallest absolute Gasteiger partial charge is 0.244 e. The number of nitrogens with two attached hydrogens (primary N) is 1. The summed E-state index contributed by atoms with van der Waals surface area (Å²) in [4.78, 5) is 12.0. The average molecular weight is 348 g/mol. The largest absolute Gasteiger partial charge is 0.345 e. The van der Waals surface area contributed by atoms with Crippen LogP contribution in [0.2, 0.25) is 0 Å². The van der Waals surface area contributed by atoms with Gasteiger partial charge in [-0.15, -0.1) is 0 Å². The number of hydrogen-bond donors (Lipinski definition) is 2. The molecule has 1 aromatic carbocycles. The molecule has 2 aromatic rings. The first-order valence-electron chi connectivity index (χ1n) is 7.08. The van der Waals surface area contributed by atoms with E-state index in [9.17, 15) is 4.79 Å². The molecule has 0 bridgehead atoms. The molecule has 5 heteroatoms. The van der Waals surface area contributed by atoms with Crippen molar-refractivity contribution in [3.8, 4) is 0 Å². The number of amides is 1. The molecule has 0 radical (unpaired) electrons. The highest BCUT2D eigenvalue weighted by Crippen LogP contribution is 2.39. The molecule has 1 aromatic heterocycles. The lowest BCUT2D eigenvalue weighted by molar-refractivity contribution is -0.116. The van der Waals surface area contributed by atoms with Crippen molar-refractivity contribution >= 4 is 27.5 Å². The van der Waals surface area contributed by atoms with E-state index in [2.05, 4.69) is 21.2 Å². The van der Waals surface area contributed by atoms with Gasteiger partial charge >= 0.3 is 0 Å². The van der Waals surface area contributed by atoms with Crippen molar-refractivity contribution in [3.05, 3.63) is 52.8 Å². The minimum atomic E-state index is -0.0422. The highest BCUT2D eigenvalue weighted by Gasteiger charge is 2.29. The number of nitrogens with one attached hydrogen (secondary N) is 1. The zero-order valence-corrected chi connectivity index (χ0v) is 13.2. The molecule has 1 saturated carbocycles. The Morgan fingerprint density at radius 2 is 2.05 bits per heavy atom. The van der Waals surface area contributed by atoms with Gasteiger partial charge in [0.05, 0.1) is 0 Å². The molecule has 110 valence electrons. The van der Waals surface area contributed by atoms with Crippen LogP contribution in [0.4, 0.5) is 5.69 Å². The van der Waals surface area contributed by atoms with E-state index >= 15 is 0 Å². The topological polar surface area (TPSA) is 60.0 Å². The second-order valence-electron chi connectivity index (χ2n) is 5.54. The summed E-state index contributed by atoms with van der Waals surface area (Å²) < 4.78 is 2.87. The van der Waals surface area contributed by atoms with Crippen LogP contribution in [0.25, 0.3) is 0 Å². The molecule has 1 fully saturated rings. The molecule has 3 N–H and O–H groups in total. The summed E-state index contributed by atoms with van der Waals surface area (Å²) in [6.07, 6.45) is 6.33. The molecule has 0 aliphatic heterocycles. The highest BCUT2D eigenvalue weighted by molar-refractivity contribution is 9.10. The summed E-state index contributed by atoms with van der Waals surface area (Å²) in [7, 11) is 0. The van der Waals surface area contributed by atoms with E-state index < -0.39 is 0 Å². The number of aromatic nitrogens is 1. The van der Waals surface area contributed by atoms with Crippen LogP contribution < -0.4 is 11.1 Å². The molecule has 1 aliphatic rings. The Bertz CT molecular complexity index is 631. The third kappa shape index (κ3) is 3.74. The van der Waals surface area contributed by atoms with Crippen LogP contribution in [0.15, 0.2) is 47.2 Å². The Kier molecular flexibility index (Phi) is 4.12. The van der Waals surface area contributed by atoms with Crippen molar-refractivity contribution < 1.29 is 4.79 Å². The molecule has 1 amide bonds. The Labute approximate surface area is 132 Å². The zero-order chi connectivity index (χ0) is 14.8. The number of anilines is 1. The molecule has 1 atom stereocenters. The monoisotopic (exact) mass is 347 g/mol. The summed E-state index contributed by atoms with van der Waals surface area (Å²) in [6.45, 7) is 0.299. The maximum absolute atomic E-state index is 12.0. The SMILES string of the molecule is NC(c1ccn(CC(=O)Nc2ccc(Br)cc2)c1)C1CC1.